The molecule has 170 valence electrons. The number of amides is 2. The molecule has 2 amide bonds. The van der Waals surface area contributed by atoms with E-state index in [2.05, 4.69) is 20.6 Å². The number of hydrogen-bond acceptors (Lipinski definition) is 6. The summed E-state index contributed by atoms with van der Waals surface area (Å²) in [5, 5.41) is 15.9. The molecule has 1 saturated heterocycles. The third kappa shape index (κ3) is 5.21. The van der Waals surface area contributed by atoms with Crippen molar-refractivity contribution in [3.8, 4) is 11.3 Å². The van der Waals surface area contributed by atoms with E-state index in [1.807, 2.05) is 0 Å². The Bertz CT molecular complexity index is 993. The van der Waals surface area contributed by atoms with Gasteiger partial charge in [-0.2, -0.15) is 0 Å². The van der Waals surface area contributed by atoms with Crippen LogP contribution in [-0.4, -0.2) is 63.1 Å². The summed E-state index contributed by atoms with van der Waals surface area (Å²) in [5.74, 6) is -0.434. The van der Waals surface area contributed by atoms with Crippen LogP contribution in [0.15, 0.2) is 30.5 Å². The van der Waals surface area contributed by atoms with Gasteiger partial charge in [0.25, 0.3) is 5.91 Å². The van der Waals surface area contributed by atoms with Crippen molar-refractivity contribution in [1.29, 1.82) is 0 Å². The lowest BCUT2D eigenvalue weighted by Crippen LogP contribution is -2.39. The molecule has 1 aromatic heterocycles. The Hall–Kier alpha value is -3.07. The number of aliphatic hydroxyl groups excluding tert-OH is 1. The number of hydrogen-bond donors (Lipinski definition) is 3. The van der Waals surface area contributed by atoms with Crippen LogP contribution in [0.25, 0.3) is 11.3 Å². The maximum absolute atomic E-state index is 14.6. The first-order valence-corrected chi connectivity index (χ1v) is 11.0. The van der Waals surface area contributed by atoms with Gasteiger partial charge >= 0.3 is 0 Å². The number of rotatable bonds is 5. The highest BCUT2D eigenvalue weighted by Gasteiger charge is 2.26. The summed E-state index contributed by atoms with van der Waals surface area (Å²) in [6.07, 6.45) is 4.64. The fourth-order valence-corrected chi connectivity index (χ4v) is 4.40. The van der Waals surface area contributed by atoms with E-state index in [0.29, 0.717) is 36.6 Å². The third-order valence-corrected chi connectivity index (χ3v) is 6.05. The number of likely N-dealkylation sites (tertiary alicyclic amines) is 1. The van der Waals surface area contributed by atoms with Crippen molar-refractivity contribution in [2.75, 3.05) is 18.4 Å². The van der Waals surface area contributed by atoms with Crippen molar-refractivity contribution in [2.24, 2.45) is 0 Å². The number of carbonyl (C=O) groups excluding carboxylic acids is 2. The number of benzene rings is 1. The minimum Gasteiger partial charge on any atom is -0.391 e. The second-order valence-electron chi connectivity index (χ2n) is 8.56. The van der Waals surface area contributed by atoms with Crippen LogP contribution in [0.5, 0.6) is 0 Å². The van der Waals surface area contributed by atoms with Crippen molar-refractivity contribution in [2.45, 2.75) is 57.2 Å². The van der Waals surface area contributed by atoms with Gasteiger partial charge in [-0.25, -0.2) is 14.4 Å². The molecule has 9 heteroatoms. The predicted molar refractivity (Wildman–Crippen MR) is 117 cm³/mol. The molecule has 2 fully saturated rings. The molecule has 1 atom stereocenters. The average molecular weight is 442 g/mol. The zero-order valence-corrected chi connectivity index (χ0v) is 18.1. The molecule has 0 radical (unpaired) electrons. The summed E-state index contributed by atoms with van der Waals surface area (Å²) in [6, 6.07) is 7.06. The molecule has 2 heterocycles. The van der Waals surface area contributed by atoms with Crippen molar-refractivity contribution in [1.82, 2.24) is 20.2 Å². The minimum atomic E-state index is -0.564. The Morgan fingerprint density at radius 2 is 1.91 bits per heavy atom. The van der Waals surface area contributed by atoms with E-state index < -0.39 is 11.9 Å². The minimum absolute atomic E-state index is 0.0189. The molecule has 1 aromatic carbocycles. The van der Waals surface area contributed by atoms with Crippen molar-refractivity contribution in [3.05, 3.63) is 41.8 Å². The number of halogens is 1. The SMILES string of the molecule is CC(=O)NC1CCC(Nc2ncc(F)c(-c3cccc(C(=O)N4CC[C@H](O)C4)c3)n2)CC1. The highest BCUT2D eigenvalue weighted by atomic mass is 19.1. The summed E-state index contributed by atoms with van der Waals surface area (Å²) >= 11 is 0. The molecule has 0 spiro atoms. The number of aliphatic hydroxyl groups is 1. The first-order chi connectivity index (χ1) is 15.4. The summed E-state index contributed by atoms with van der Waals surface area (Å²) in [6.45, 7) is 2.34. The maximum Gasteiger partial charge on any atom is 0.253 e. The van der Waals surface area contributed by atoms with Crippen LogP contribution < -0.4 is 10.6 Å². The van der Waals surface area contributed by atoms with Gasteiger partial charge in [-0.1, -0.05) is 12.1 Å². The highest BCUT2D eigenvalue weighted by Crippen LogP contribution is 2.26. The van der Waals surface area contributed by atoms with Gasteiger partial charge in [0.2, 0.25) is 11.9 Å². The summed E-state index contributed by atoms with van der Waals surface area (Å²) in [7, 11) is 0. The number of nitrogens with zero attached hydrogens (tertiary/aromatic N) is 3. The van der Waals surface area contributed by atoms with Crippen LogP contribution in [0.3, 0.4) is 0 Å². The van der Waals surface area contributed by atoms with E-state index in [1.165, 1.54) is 6.92 Å². The number of aromatic nitrogens is 2. The van der Waals surface area contributed by atoms with Crippen LogP contribution in [0, 0.1) is 5.82 Å². The Labute approximate surface area is 186 Å². The molecule has 0 unspecified atom stereocenters. The first kappa shape index (κ1) is 22.1. The Morgan fingerprint density at radius 3 is 2.59 bits per heavy atom. The molecule has 8 nitrogen and oxygen atoms in total. The van der Waals surface area contributed by atoms with E-state index in [9.17, 15) is 19.1 Å². The van der Waals surface area contributed by atoms with Crippen LogP contribution in [0.2, 0.25) is 0 Å². The lowest BCUT2D eigenvalue weighted by Gasteiger charge is -2.29. The molecule has 32 heavy (non-hydrogen) atoms. The van der Waals surface area contributed by atoms with Crippen LogP contribution in [0.4, 0.5) is 10.3 Å². The molecule has 0 bridgehead atoms. The lowest BCUT2D eigenvalue weighted by atomic mass is 9.91. The fourth-order valence-electron chi connectivity index (χ4n) is 4.40. The van der Waals surface area contributed by atoms with Gasteiger partial charge in [-0.15, -0.1) is 0 Å². The molecule has 4 rings (SSSR count). The predicted octanol–water partition coefficient (Wildman–Crippen LogP) is 2.35. The molecule has 1 aliphatic heterocycles. The molecular formula is C23H28FN5O3. The van der Waals surface area contributed by atoms with Crippen LogP contribution in [-0.2, 0) is 4.79 Å². The number of carbonyl (C=O) groups is 2. The highest BCUT2D eigenvalue weighted by molar-refractivity contribution is 5.95. The van der Waals surface area contributed by atoms with Crippen LogP contribution >= 0.6 is 0 Å². The Morgan fingerprint density at radius 1 is 1.16 bits per heavy atom. The molecule has 2 aromatic rings. The van der Waals surface area contributed by atoms with Gasteiger partial charge in [0.1, 0.15) is 5.69 Å². The second kappa shape index (κ2) is 9.60. The fraction of sp³-hybridized carbons (Fsp3) is 0.478. The smallest absolute Gasteiger partial charge is 0.253 e. The first-order valence-electron chi connectivity index (χ1n) is 11.0. The van der Waals surface area contributed by atoms with Gasteiger partial charge in [0.05, 0.1) is 12.3 Å². The number of anilines is 1. The Balaban J connectivity index is 1.46. The lowest BCUT2D eigenvalue weighted by molar-refractivity contribution is -0.119. The van der Waals surface area contributed by atoms with Gasteiger partial charge in [-0.05, 0) is 44.2 Å². The second-order valence-corrected chi connectivity index (χ2v) is 8.56. The quantitative estimate of drug-likeness (QED) is 0.658. The van der Waals surface area contributed by atoms with E-state index in [1.54, 1.807) is 29.2 Å². The molecule has 3 N–H and O–H groups in total. The topological polar surface area (TPSA) is 107 Å². The van der Waals surface area contributed by atoms with Crippen molar-refractivity contribution < 1.29 is 19.1 Å². The standard InChI is InChI=1S/C23H28FN5O3/c1-14(30)26-17-5-7-18(8-6-17)27-23-25-12-20(24)21(28-23)15-3-2-4-16(11-15)22(32)29-10-9-19(31)13-29/h2-4,11-12,17-19,31H,5-10,13H2,1H3,(H,26,30)(H,25,27,28)/t17?,18?,19-/m0/s1. The zero-order chi connectivity index (χ0) is 22.7. The maximum atomic E-state index is 14.6. The average Bonchev–Trinajstić information content (AvgIpc) is 3.22. The van der Waals surface area contributed by atoms with E-state index in [-0.39, 0.29) is 29.6 Å². The summed E-state index contributed by atoms with van der Waals surface area (Å²) < 4.78 is 14.6. The van der Waals surface area contributed by atoms with Crippen molar-refractivity contribution in [3.63, 3.8) is 0 Å². The van der Waals surface area contributed by atoms with E-state index in [0.717, 1.165) is 31.9 Å². The third-order valence-electron chi connectivity index (χ3n) is 6.05. The monoisotopic (exact) mass is 441 g/mol. The zero-order valence-electron chi connectivity index (χ0n) is 18.1. The number of β-amino-alcohol motifs (C(OH)–C–C–N with tert-alkyl or cyclic N) is 1. The molecule has 1 saturated carbocycles. The Kier molecular flexibility index (Phi) is 6.64. The van der Waals surface area contributed by atoms with E-state index in [4.69, 9.17) is 0 Å². The number of nitrogens with one attached hydrogen (secondary N) is 2. The summed E-state index contributed by atoms with van der Waals surface area (Å²) in [5.41, 5.74) is 1.05. The van der Waals surface area contributed by atoms with Crippen molar-refractivity contribution >= 4 is 17.8 Å². The molecule has 2 aliphatic rings. The van der Waals surface area contributed by atoms with Gasteiger partial charge in [-0.3, -0.25) is 9.59 Å². The van der Waals surface area contributed by atoms with Crippen LogP contribution in [0.1, 0.15) is 49.4 Å². The van der Waals surface area contributed by atoms with Gasteiger partial charge in [0, 0.05) is 43.2 Å². The molecule has 1 aliphatic carbocycles. The van der Waals surface area contributed by atoms with Gasteiger partial charge < -0.3 is 20.6 Å². The molecular weight excluding hydrogens is 413 g/mol. The normalized spacial score (nSPS) is 23.1. The van der Waals surface area contributed by atoms with Gasteiger partial charge in [0.15, 0.2) is 5.82 Å². The van der Waals surface area contributed by atoms with E-state index >= 15 is 0 Å². The summed E-state index contributed by atoms with van der Waals surface area (Å²) in [4.78, 5) is 34.0. The largest absolute Gasteiger partial charge is 0.391 e.